The molecule has 0 aliphatic carbocycles. The van der Waals surface area contributed by atoms with Crippen molar-refractivity contribution >= 4 is 29.7 Å². The van der Waals surface area contributed by atoms with Crippen LogP contribution in [0.4, 0.5) is 5.69 Å². The summed E-state index contributed by atoms with van der Waals surface area (Å²) in [6, 6.07) is 13.1. The highest BCUT2D eigenvalue weighted by molar-refractivity contribution is 5.95. The second-order valence-corrected chi connectivity index (χ2v) is 8.90. The molecule has 14 heteroatoms. The Balaban J connectivity index is 1.55. The molecule has 0 fully saturated rings. The number of hydrazone groups is 1. The fraction of sp³-hybridized carbons (Fsp3) is 0.267. The van der Waals surface area contributed by atoms with Gasteiger partial charge in [-0.2, -0.15) is 5.10 Å². The molecule has 0 aliphatic heterocycles. The zero-order chi connectivity index (χ0) is 32.1. The Morgan fingerprint density at radius 2 is 1.64 bits per heavy atom. The van der Waals surface area contributed by atoms with E-state index in [9.17, 15) is 24.5 Å². The number of nitro groups is 1. The average molecular weight is 609 g/mol. The van der Waals surface area contributed by atoms with Crippen LogP contribution in [-0.4, -0.2) is 63.4 Å². The fourth-order valence-electron chi connectivity index (χ4n) is 3.86. The first kappa shape index (κ1) is 32.8. The Hall–Kier alpha value is -5.66. The number of hydrogen-bond donors (Lipinski definition) is 2. The molecule has 0 aromatic heterocycles. The van der Waals surface area contributed by atoms with Gasteiger partial charge in [0.25, 0.3) is 11.6 Å². The molecular weight excluding hydrogens is 576 g/mol. The van der Waals surface area contributed by atoms with Gasteiger partial charge in [0.1, 0.15) is 0 Å². The molecule has 232 valence electrons. The number of rotatable bonds is 15. The monoisotopic (exact) mass is 608 g/mol. The number of ether oxygens (including phenoxy) is 5. The van der Waals surface area contributed by atoms with Gasteiger partial charge < -0.3 is 29.0 Å². The molecule has 3 rings (SSSR count). The van der Waals surface area contributed by atoms with Crippen molar-refractivity contribution in [2.24, 2.45) is 5.10 Å². The SMILES string of the molecule is CCOc1cc(C=NNC(=O)CCCNC(=O)c2cccc([N+](=O)[O-])c2)ccc1OC(=O)c1cc(OC)c(OC)c(OC)c1. The van der Waals surface area contributed by atoms with Crippen LogP contribution < -0.4 is 34.4 Å². The normalized spacial score (nSPS) is 10.5. The van der Waals surface area contributed by atoms with Crippen molar-refractivity contribution in [1.29, 1.82) is 0 Å². The smallest absolute Gasteiger partial charge is 0.343 e. The van der Waals surface area contributed by atoms with Crippen LogP contribution in [-0.2, 0) is 4.79 Å². The number of methoxy groups -OCH3 is 3. The minimum absolute atomic E-state index is 0.0760. The molecule has 2 amide bonds. The molecular formula is C30H32N4O10. The van der Waals surface area contributed by atoms with E-state index in [1.807, 2.05) is 0 Å². The molecule has 0 saturated heterocycles. The summed E-state index contributed by atoms with van der Waals surface area (Å²) in [7, 11) is 4.33. The number of hydrogen-bond acceptors (Lipinski definition) is 11. The van der Waals surface area contributed by atoms with E-state index >= 15 is 0 Å². The molecule has 0 bridgehead atoms. The van der Waals surface area contributed by atoms with Crippen molar-refractivity contribution in [3.05, 3.63) is 81.4 Å². The summed E-state index contributed by atoms with van der Waals surface area (Å²) >= 11 is 0. The fourth-order valence-corrected chi connectivity index (χ4v) is 3.86. The number of nitrogens with zero attached hydrogens (tertiary/aromatic N) is 2. The van der Waals surface area contributed by atoms with Gasteiger partial charge in [-0.15, -0.1) is 0 Å². The van der Waals surface area contributed by atoms with Crippen LogP contribution in [0.5, 0.6) is 28.7 Å². The molecule has 14 nitrogen and oxygen atoms in total. The standard InChI is InChI=1S/C30H32N4O10/c1-5-43-24-14-19(11-12-23(24)44-30(37)21-16-25(40-2)28(42-4)26(17-21)41-3)18-32-33-27(35)10-7-13-31-29(36)20-8-6-9-22(15-20)34(38)39/h6,8-9,11-12,14-18H,5,7,10,13H2,1-4H3,(H,31,36)(H,33,35). The highest BCUT2D eigenvalue weighted by Gasteiger charge is 2.20. The Labute approximate surface area is 253 Å². The van der Waals surface area contributed by atoms with Crippen LogP contribution in [0, 0.1) is 10.1 Å². The molecule has 3 aromatic rings. The molecule has 0 atom stereocenters. The molecule has 2 N–H and O–H groups in total. The van der Waals surface area contributed by atoms with Crippen molar-refractivity contribution in [1.82, 2.24) is 10.7 Å². The minimum atomic E-state index is -0.680. The number of non-ortho nitro benzene ring substituents is 1. The van der Waals surface area contributed by atoms with Crippen molar-refractivity contribution in [2.75, 3.05) is 34.5 Å². The molecule has 0 saturated carbocycles. The number of nitro benzene ring substituents is 1. The molecule has 0 unspecified atom stereocenters. The Morgan fingerprint density at radius 1 is 0.909 bits per heavy atom. The van der Waals surface area contributed by atoms with Gasteiger partial charge in [-0.05, 0) is 55.3 Å². The maximum Gasteiger partial charge on any atom is 0.343 e. The number of esters is 1. The van der Waals surface area contributed by atoms with Crippen LogP contribution in [0.3, 0.4) is 0 Å². The lowest BCUT2D eigenvalue weighted by Gasteiger charge is -2.15. The van der Waals surface area contributed by atoms with Gasteiger partial charge in [0.15, 0.2) is 23.0 Å². The third kappa shape index (κ3) is 8.92. The highest BCUT2D eigenvalue weighted by Crippen LogP contribution is 2.39. The summed E-state index contributed by atoms with van der Waals surface area (Å²) in [5.74, 6) is -0.170. The van der Waals surface area contributed by atoms with Gasteiger partial charge in [0.05, 0.1) is 44.6 Å². The van der Waals surface area contributed by atoms with E-state index in [0.29, 0.717) is 35.8 Å². The van der Waals surface area contributed by atoms with E-state index in [1.54, 1.807) is 19.1 Å². The Bertz CT molecular complexity index is 1510. The molecule has 0 spiro atoms. The first-order chi connectivity index (χ1) is 21.2. The number of amides is 2. The molecule has 44 heavy (non-hydrogen) atoms. The predicted molar refractivity (Wildman–Crippen MR) is 159 cm³/mol. The van der Waals surface area contributed by atoms with E-state index < -0.39 is 16.8 Å². The zero-order valence-corrected chi connectivity index (χ0v) is 24.6. The van der Waals surface area contributed by atoms with Crippen LogP contribution in [0.15, 0.2) is 59.7 Å². The van der Waals surface area contributed by atoms with Crippen LogP contribution in [0.2, 0.25) is 0 Å². The molecule has 0 aliphatic rings. The summed E-state index contributed by atoms with van der Waals surface area (Å²) in [4.78, 5) is 47.6. The first-order valence-corrected chi connectivity index (χ1v) is 13.3. The van der Waals surface area contributed by atoms with Crippen molar-refractivity contribution in [3.63, 3.8) is 0 Å². The summed E-state index contributed by atoms with van der Waals surface area (Å²) in [6.07, 6.45) is 1.80. The number of benzene rings is 3. The third-order valence-electron chi connectivity index (χ3n) is 5.96. The maximum absolute atomic E-state index is 12.9. The summed E-state index contributed by atoms with van der Waals surface area (Å²) in [5.41, 5.74) is 3.10. The molecule has 0 heterocycles. The van der Waals surface area contributed by atoms with Crippen molar-refractivity contribution in [2.45, 2.75) is 19.8 Å². The zero-order valence-electron chi connectivity index (χ0n) is 24.6. The largest absolute Gasteiger partial charge is 0.493 e. The quantitative estimate of drug-likeness (QED) is 0.0642. The lowest BCUT2D eigenvalue weighted by atomic mass is 10.1. The first-order valence-electron chi connectivity index (χ1n) is 13.3. The number of nitrogens with one attached hydrogen (secondary N) is 2. The van der Waals surface area contributed by atoms with Crippen molar-refractivity contribution in [3.8, 4) is 28.7 Å². The van der Waals surface area contributed by atoms with E-state index in [2.05, 4.69) is 15.8 Å². The predicted octanol–water partition coefficient (Wildman–Crippen LogP) is 3.90. The average Bonchev–Trinajstić information content (AvgIpc) is 3.03. The van der Waals surface area contributed by atoms with Gasteiger partial charge >= 0.3 is 5.97 Å². The summed E-state index contributed by atoms with van der Waals surface area (Å²) < 4.78 is 27.1. The summed E-state index contributed by atoms with van der Waals surface area (Å²) in [6.45, 7) is 2.26. The van der Waals surface area contributed by atoms with Gasteiger partial charge in [0.2, 0.25) is 11.7 Å². The maximum atomic E-state index is 12.9. The van der Waals surface area contributed by atoms with E-state index in [-0.39, 0.29) is 47.2 Å². The Morgan fingerprint density at radius 3 is 2.27 bits per heavy atom. The lowest BCUT2D eigenvalue weighted by molar-refractivity contribution is -0.384. The van der Waals surface area contributed by atoms with Gasteiger partial charge in [0, 0.05) is 30.7 Å². The van der Waals surface area contributed by atoms with Crippen molar-refractivity contribution < 1.29 is 43.0 Å². The van der Waals surface area contributed by atoms with Crippen LogP contribution in [0.1, 0.15) is 46.0 Å². The van der Waals surface area contributed by atoms with E-state index in [1.165, 1.54) is 70.0 Å². The van der Waals surface area contributed by atoms with Crippen LogP contribution >= 0.6 is 0 Å². The van der Waals surface area contributed by atoms with E-state index in [0.717, 1.165) is 0 Å². The van der Waals surface area contributed by atoms with Gasteiger partial charge in [-0.3, -0.25) is 19.7 Å². The second kappa shape index (κ2) is 16.1. The second-order valence-electron chi connectivity index (χ2n) is 8.90. The minimum Gasteiger partial charge on any atom is -0.493 e. The Kier molecular flexibility index (Phi) is 12.0. The third-order valence-corrected chi connectivity index (χ3v) is 5.96. The topological polar surface area (TPSA) is 177 Å². The highest BCUT2D eigenvalue weighted by atomic mass is 16.6. The van der Waals surface area contributed by atoms with E-state index in [4.69, 9.17) is 23.7 Å². The summed E-state index contributed by atoms with van der Waals surface area (Å²) in [5, 5.41) is 17.4. The number of carbonyl (C=O) groups excluding carboxylic acids is 3. The van der Waals surface area contributed by atoms with Gasteiger partial charge in [-0.25, -0.2) is 10.2 Å². The number of carbonyl (C=O) groups is 3. The lowest BCUT2D eigenvalue weighted by Crippen LogP contribution is -2.26. The molecule has 0 radical (unpaired) electrons. The molecule has 3 aromatic carbocycles. The van der Waals surface area contributed by atoms with Gasteiger partial charge in [-0.1, -0.05) is 6.07 Å². The van der Waals surface area contributed by atoms with Crippen LogP contribution in [0.25, 0.3) is 0 Å².